The summed E-state index contributed by atoms with van der Waals surface area (Å²) in [5.41, 5.74) is 3.70. The zero-order valence-corrected chi connectivity index (χ0v) is 13.0. The van der Waals surface area contributed by atoms with E-state index in [0.29, 0.717) is 6.61 Å². The first-order chi connectivity index (χ1) is 10.2. The number of aryl methyl sites for hydroxylation is 2. The second kappa shape index (κ2) is 7.70. The zero-order valence-electron chi connectivity index (χ0n) is 13.0. The minimum Gasteiger partial charge on any atom is -0.497 e. The molecule has 0 atom stereocenters. The van der Waals surface area contributed by atoms with Gasteiger partial charge < -0.3 is 14.8 Å². The molecule has 2 aromatic carbocycles. The molecule has 0 bridgehead atoms. The first kappa shape index (κ1) is 15.4. The molecule has 0 saturated carbocycles. The Balaban J connectivity index is 1.69. The summed E-state index contributed by atoms with van der Waals surface area (Å²) in [5, 5.41) is 3.37. The number of nitrogens with one attached hydrogen (secondary N) is 1. The zero-order chi connectivity index (χ0) is 15.1. The van der Waals surface area contributed by atoms with Crippen LogP contribution >= 0.6 is 0 Å². The third kappa shape index (κ3) is 5.12. The fraction of sp³-hybridized carbons (Fsp3) is 0.333. The predicted octanol–water partition coefficient (Wildman–Crippen LogP) is 3.48. The van der Waals surface area contributed by atoms with Crippen LogP contribution in [0.3, 0.4) is 0 Å². The van der Waals surface area contributed by atoms with E-state index in [2.05, 4.69) is 49.5 Å². The third-order valence-electron chi connectivity index (χ3n) is 3.23. The highest BCUT2D eigenvalue weighted by molar-refractivity contribution is 5.33. The van der Waals surface area contributed by atoms with Crippen molar-refractivity contribution in [2.75, 3.05) is 20.3 Å². The number of rotatable bonds is 7. The molecule has 0 aromatic heterocycles. The highest BCUT2D eigenvalue weighted by Crippen LogP contribution is 2.16. The van der Waals surface area contributed by atoms with Crippen molar-refractivity contribution in [1.82, 2.24) is 5.32 Å². The Morgan fingerprint density at radius 3 is 2.19 bits per heavy atom. The lowest BCUT2D eigenvalue weighted by Gasteiger charge is -2.09. The molecule has 0 saturated heterocycles. The van der Waals surface area contributed by atoms with Gasteiger partial charge in [-0.3, -0.25) is 0 Å². The minimum absolute atomic E-state index is 0.666. The van der Waals surface area contributed by atoms with E-state index >= 15 is 0 Å². The number of hydrogen-bond acceptors (Lipinski definition) is 3. The number of ether oxygens (including phenoxy) is 2. The van der Waals surface area contributed by atoms with Crippen LogP contribution in [0.5, 0.6) is 11.5 Å². The van der Waals surface area contributed by atoms with Crippen LogP contribution in [0.2, 0.25) is 0 Å². The summed E-state index contributed by atoms with van der Waals surface area (Å²) in [4.78, 5) is 0. The summed E-state index contributed by atoms with van der Waals surface area (Å²) < 4.78 is 10.9. The molecule has 0 aliphatic rings. The molecule has 2 aromatic rings. The molecule has 0 amide bonds. The van der Waals surface area contributed by atoms with E-state index in [4.69, 9.17) is 9.47 Å². The van der Waals surface area contributed by atoms with E-state index in [-0.39, 0.29) is 0 Å². The largest absolute Gasteiger partial charge is 0.497 e. The number of hydrogen-bond donors (Lipinski definition) is 1. The average molecular weight is 285 g/mol. The van der Waals surface area contributed by atoms with Gasteiger partial charge in [0.15, 0.2) is 0 Å². The van der Waals surface area contributed by atoms with Gasteiger partial charge in [0.25, 0.3) is 0 Å². The van der Waals surface area contributed by atoms with Crippen LogP contribution in [-0.2, 0) is 6.54 Å². The van der Waals surface area contributed by atoms with E-state index in [1.165, 1.54) is 16.7 Å². The Morgan fingerprint density at radius 2 is 1.57 bits per heavy atom. The van der Waals surface area contributed by atoms with E-state index in [1.54, 1.807) is 7.11 Å². The quantitative estimate of drug-likeness (QED) is 0.790. The van der Waals surface area contributed by atoms with Gasteiger partial charge in [-0.1, -0.05) is 18.2 Å². The predicted molar refractivity (Wildman–Crippen MR) is 86.1 cm³/mol. The van der Waals surface area contributed by atoms with Crippen LogP contribution in [-0.4, -0.2) is 20.3 Å². The van der Waals surface area contributed by atoms with Crippen molar-refractivity contribution in [1.29, 1.82) is 0 Å². The fourth-order valence-corrected chi connectivity index (χ4v) is 2.23. The topological polar surface area (TPSA) is 30.5 Å². The summed E-state index contributed by atoms with van der Waals surface area (Å²) in [6.07, 6.45) is 0. The molecule has 0 aliphatic heterocycles. The molecule has 0 fully saturated rings. The molecule has 3 nitrogen and oxygen atoms in total. The maximum Gasteiger partial charge on any atom is 0.119 e. The molecule has 2 rings (SSSR count). The standard InChI is InChI=1S/C18H23NO2/c1-14-10-15(2)12-18(11-14)21-9-8-19-13-16-4-6-17(20-3)7-5-16/h4-7,10-12,19H,8-9,13H2,1-3H3. The van der Waals surface area contributed by atoms with Crippen molar-refractivity contribution in [2.45, 2.75) is 20.4 Å². The van der Waals surface area contributed by atoms with Gasteiger partial charge in [-0.15, -0.1) is 0 Å². The van der Waals surface area contributed by atoms with Crippen LogP contribution in [0.25, 0.3) is 0 Å². The SMILES string of the molecule is COc1ccc(CNCCOc2cc(C)cc(C)c2)cc1. The lowest BCUT2D eigenvalue weighted by Crippen LogP contribution is -2.20. The van der Waals surface area contributed by atoms with E-state index < -0.39 is 0 Å². The highest BCUT2D eigenvalue weighted by atomic mass is 16.5. The van der Waals surface area contributed by atoms with Crippen LogP contribution < -0.4 is 14.8 Å². The third-order valence-corrected chi connectivity index (χ3v) is 3.23. The van der Waals surface area contributed by atoms with E-state index in [9.17, 15) is 0 Å². The highest BCUT2D eigenvalue weighted by Gasteiger charge is 1.98. The second-order valence-electron chi connectivity index (χ2n) is 5.20. The lowest BCUT2D eigenvalue weighted by molar-refractivity contribution is 0.313. The maximum atomic E-state index is 5.76. The van der Waals surface area contributed by atoms with Crippen molar-refractivity contribution < 1.29 is 9.47 Å². The first-order valence-corrected chi connectivity index (χ1v) is 7.22. The molecule has 0 radical (unpaired) electrons. The molecule has 1 N–H and O–H groups in total. The second-order valence-corrected chi connectivity index (χ2v) is 5.20. The summed E-state index contributed by atoms with van der Waals surface area (Å²) in [6, 6.07) is 14.4. The van der Waals surface area contributed by atoms with Crippen molar-refractivity contribution >= 4 is 0 Å². The van der Waals surface area contributed by atoms with Gasteiger partial charge in [-0.25, -0.2) is 0 Å². The van der Waals surface area contributed by atoms with Crippen molar-refractivity contribution in [3.63, 3.8) is 0 Å². The van der Waals surface area contributed by atoms with Crippen molar-refractivity contribution in [2.24, 2.45) is 0 Å². The minimum atomic E-state index is 0.666. The van der Waals surface area contributed by atoms with Gasteiger partial charge in [0.1, 0.15) is 18.1 Å². The molecule has 0 unspecified atom stereocenters. The Labute approximate surface area is 126 Å². The summed E-state index contributed by atoms with van der Waals surface area (Å²) in [5.74, 6) is 1.83. The van der Waals surface area contributed by atoms with Gasteiger partial charge in [0.2, 0.25) is 0 Å². The molecular formula is C18H23NO2. The van der Waals surface area contributed by atoms with E-state index in [0.717, 1.165) is 24.6 Å². The Morgan fingerprint density at radius 1 is 0.905 bits per heavy atom. The Bertz CT molecular complexity index is 544. The van der Waals surface area contributed by atoms with Crippen molar-refractivity contribution in [3.05, 3.63) is 59.2 Å². The average Bonchev–Trinajstić information content (AvgIpc) is 2.46. The summed E-state index contributed by atoms with van der Waals surface area (Å²) >= 11 is 0. The van der Waals surface area contributed by atoms with Crippen molar-refractivity contribution in [3.8, 4) is 11.5 Å². The molecule has 0 aliphatic carbocycles. The Kier molecular flexibility index (Phi) is 5.64. The van der Waals surface area contributed by atoms with E-state index in [1.807, 2.05) is 12.1 Å². The van der Waals surface area contributed by atoms with Gasteiger partial charge in [-0.2, -0.15) is 0 Å². The Hall–Kier alpha value is -2.00. The lowest BCUT2D eigenvalue weighted by atomic mass is 10.1. The smallest absolute Gasteiger partial charge is 0.119 e. The molecule has 0 spiro atoms. The molecule has 3 heteroatoms. The molecular weight excluding hydrogens is 262 g/mol. The normalized spacial score (nSPS) is 10.4. The number of benzene rings is 2. The summed E-state index contributed by atoms with van der Waals surface area (Å²) in [6.45, 7) is 6.49. The van der Waals surface area contributed by atoms with Crippen LogP contribution in [0.4, 0.5) is 0 Å². The first-order valence-electron chi connectivity index (χ1n) is 7.22. The van der Waals surface area contributed by atoms with Crippen LogP contribution in [0.15, 0.2) is 42.5 Å². The fourth-order valence-electron chi connectivity index (χ4n) is 2.23. The van der Waals surface area contributed by atoms with Crippen LogP contribution in [0, 0.1) is 13.8 Å². The van der Waals surface area contributed by atoms with Gasteiger partial charge in [-0.05, 0) is 54.8 Å². The van der Waals surface area contributed by atoms with Gasteiger partial charge >= 0.3 is 0 Å². The molecule has 21 heavy (non-hydrogen) atoms. The number of methoxy groups -OCH3 is 1. The van der Waals surface area contributed by atoms with Gasteiger partial charge in [0.05, 0.1) is 7.11 Å². The monoisotopic (exact) mass is 285 g/mol. The summed E-state index contributed by atoms with van der Waals surface area (Å²) in [7, 11) is 1.68. The van der Waals surface area contributed by atoms with Gasteiger partial charge in [0, 0.05) is 13.1 Å². The maximum absolute atomic E-state index is 5.76. The molecule has 0 heterocycles. The van der Waals surface area contributed by atoms with Crippen LogP contribution in [0.1, 0.15) is 16.7 Å². The molecule has 112 valence electrons.